The predicted octanol–water partition coefficient (Wildman–Crippen LogP) is 3.33. The van der Waals surface area contributed by atoms with Crippen LogP contribution in [0.1, 0.15) is 35.6 Å². The van der Waals surface area contributed by atoms with Crippen LogP contribution in [0, 0.1) is 0 Å². The topological polar surface area (TPSA) is 65.1 Å². The van der Waals surface area contributed by atoms with Crippen LogP contribution in [-0.2, 0) is 27.2 Å². The van der Waals surface area contributed by atoms with Crippen LogP contribution >= 0.6 is 0 Å². The van der Waals surface area contributed by atoms with Crippen molar-refractivity contribution < 1.29 is 23.8 Å². The molecule has 0 fully saturated rings. The summed E-state index contributed by atoms with van der Waals surface area (Å²) >= 11 is 0. The van der Waals surface area contributed by atoms with Crippen molar-refractivity contribution in [3.8, 4) is 11.5 Å². The molecule has 0 aromatic heterocycles. The standard InChI is InChI=1S/C23H27NO5/c1-27-20-13-17-11-12-24(22(25)10-9-16-7-5-4-6-8-16)19(15-23(26)29-3)18(17)14-21(20)28-2/h4-8,13-14,19H,9-12,15H2,1-3H3/t19-/m0/s1. The van der Waals surface area contributed by atoms with Crippen LogP contribution in [0.5, 0.6) is 11.5 Å². The van der Waals surface area contributed by atoms with Gasteiger partial charge in [-0.15, -0.1) is 0 Å². The molecule has 154 valence electrons. The molecule has 29 heavy (non-hydrogen) atoms. The Labute approximate surface area is 171 Å². The molecule has 1 amide bonds. The number of ether oxygens (including phenoxy) is 3. The number of esters is 1. The number of aryl methyl sites for hydroxylation is 1. The Morgan fingerprint density at radius 3 is 2.38 bits per heavy atom. The number of carbonyl (C=O) groups excluding carboxylic acids is 2. The summed E-state index contributed by atoms with van der Waals surface area (Å²) < 4.78 is 15.7. The lowest BCUT2D eigenvalue weighted by atomic mass is 9.89. The van der Waals surface area contributed by atoms with Gasteiger partial charge in [0.2, 0.25) is 5.91 Å². The highest BCUT2D eigenvalue weighted by molar-refractivity contribution is 5.79. The summed E-state index contributed by atoms with van der Waals surface area (Å²) in [6.07, 6.45) is 1.87. The smallest absolute Gasteiger partial charge is 0.307 e. The first-order chi connectivity index (χ1) is 14.1. The van der Waals surface area contributed by atoms with E-state index in [-0.39, 0.29) is 24.3 Å². The Bertz CT molecular complexity index is 865. The summed E-state index contributed by atoms with van der Waals surface area (Å²) in [5.41, 5.74) is 3.09. The van der Waals surface area contributed by atoms with Crippen LogP contribution in [0.4, 0.5) is 0 Å². The molecule has 0 spiro atoms. The van der Waals surface area contributed by atoms with Gasteiger partial charge in [0.25, 0.3) is 0 Å². The van der Waals surface area contributed by atoms with Gasteiger partial charge in [0.15, 0.2) is 11.5 Å². The van der Waals surface area contributed by atoms with Crippen molar-refractivity contribution in [3.63, 3.8) is 0 Å². The van der Waals surface area contributed by atoms with Crippen LogP contribution < -0.4 is 9.47 Å². The molecular formula is C23H27NO5. The molecule has 3 rings (SSSR count). The van der Waals surface area contributed by atoms with Crippen molar-refractivity contribution in [2.75, 3.05) is 27.9 Å². The molecule has 0 bridgehead atoms. The van der Waals surface area contributed by atoms with Gasteiger partial charge < -0.3 is 19.1 Å². The fraction of sp³-hybridized carbons (Fsp3) is 0.391. The maximum absolute atomic E-state index is 13.1. The van der Waals surface area contributed by atoms with Crippen LogP contribution in [0.25, 0.3) is 0 Å². The third kappa shape index (κ3) is 4.70. The average molecular weight is 397 g/mol. The molecule has 6 heteroatoms. The van der Waals surface area contributed by atoms with Gasteiger partial charge in [-0.3, -0.25) is 9.59 Å². The van der Waals surface area contributed by atoms with Crippen molar-refractivity contribution >= 4 is 11.9 Å². The number of hydrogen-bond donors (Lipinski definition) is 0. The summed E-state index contributed by atoms with van der Waals surface area (Å²) in [5, 5.41) is 0. The van der Waals surface area contributed by atoms with Gasteiger partial charge in [-0.25, -0.2) is 0 Å². The second kappa shape index (κ2) is 9.45. The number of nitrogens with zero attached hydrogens (tertiary/aromatic N) is 1. The number of amides is 1. The van der Waals surface area contributed by atoms with Crippen molar-refractivity contribution in [1.29, 1.82) is 0 Å². The molecule has 2 aromatic rings. The van der Waals surface area contributed by atoms with E-state index in [4.69, 9.17) is 14.2 Å². The number of hydrogen-bond acceptors (Lipinski definition) is 5. The van der Waals surface area contributed by atoms with E-state index in [0.717, 1.165) is 16.7 Å². The minimum atomic E-state index is -0.380. The Hall–Kier alpha value is -3.02. The molecule has 6 nitrogen and oxygen atoms in total. The molecule has 0 saturated carbocycles. The fourth-order valence-electron chi connectivity index (χ4n) is 3.83. The number of fused-ring (bicyclic) bond motifs is 1. The zero-order chi connectivity index (χ0) is 20.8. The van der Waals surface area contributed by atoms with E-state index in [1.807, 2.05) is 42.5 Å². The minimum Gasteiger partial charge on any atom is -0.493 e. The zero-order valence-electron chi connectivity index (χ0n) is 17.1. The van der Waals surface area contributed by atoms with Crippen molar-refractivity contribution in [2.45, 2.75) is 31.7 Å². The van der Waals surface area contributed by atoms with Crippen molar-refractivity contribution in [3.05, 3.63) is 59.2 Å². The van der Waals surface area contributed by atoms with E-state index in [1.54, 1.807) is 19.1 Å². The molecule has 1 aliphatic heterocycles. The molecule has 0 N–H and O–H groups in total. The second-order valence-electron chi connectivity index (χ2n) is 7.02. The molecule has 0 unspecified atom stereocenters. The largest absolute Gasteiger partial charge is 0.493 e. The summed E-state index contributed by atoms with van der Waals surface area (Å²) in [6, 6.07) is 13.4. The highest BCUT2D eigenvalue weighted by atomic mass is 16.5. The predicted molar refractivity (Wildman–Crippen MR) is 109 cm³/mol. The van der Waals surface area contributed by atoms with E-state index in [0.29, 0.717) is 37.3 Å². The summed E-state index contributed by atoms with van der Waals surface area (Å²) in [5.74, 6) is 0.910. The maximum Gasteiger partial charge on any atom is 0.307 e. The molecule has 0 aliphatic carbocycles. The highest BCUT2D eigenvalue weighted by Crippen LogP contribution is 2.39. The van der Waals surface area contributed by atoms with Crippen LogP contribution in [-0.4, -0.2) is 44.7 Å². The third-order valence-electron chi connectivity index (χ3n) is 5.38. The van der Waals surface area contributed by atoms with Crippen molar-refractivity contribution in [1.82, 2.24) is 4.90 Å². The summed E-state index contributed by atoms with van der Waals surface area (Å²) in [7, 11) is 4.53. The number of methoxy groups -OCH3 is 3. The molecule has 0 radical (unpaired) electrons. The summed E-state index contributed by atoms with van der Waals surface area (Å²) in [6.45, 7) is 0.553. The number of rotatable bonds is 7. The van der Waals surface area contributed by atoms with Crippen LogP contribution in [0.3, 0.4) is 0 Å². The lowest BCUT2D eigenvalue weighted by Crippen LogP contribution is -2.41. The van der Waals surface area contributed by atoms with Crippen LogP contribution in [0.15, 0.2) is 42.5 Å². The first-order valence-electron chi connectivity index (χ1n) is 9.72. The lowest BCUT2D eigenvalue weighted by Gasteiger charge is -2.37. The zero-order valence-corrected chi connectivity index (χ0v) is 17.1. The molecule has 1 aliphatic rings. The quantitative estimate of drug-likeness (QED) is 0.671. The number of benzene rings is 2. The molecule has 2 aromatic carbocycles. The van der Waals surface area contributed by atoms with Crippen LogP contribution in [0.2, 0.25) is 0 Å². The molecule has 1 atom stereocenters. The fourth-order valence-corrected chi connectivity index (χ4v) is 3.83. The third-order valence-corrected chi connectivity index (χ3v) is 5.38. The monoisotopic (exact) mass is 397 g/mol. The van der Waals surface area contributed by atoms with E-state index in [1.165, 1.54) is 7.11 Å². The Balaban J connectivity index is 1.87. The molecule has 0 saturated heterocycles. The maximum atomic E-state index is 13.1. The van der Waals surface area contributed by atoms with Crippen molar-refractivity contribution in [2.24, 2.45) is 0 Å². The number of carbonyl (C=O) groups is 2. The van der Waals surface area contributed by atoms with E-state index < -0.39 is 0 Å². The van der Waals surface area contributed by atoms with Gasteiger partial charge in [-0.05, 0) is 41.7 Å². The Morgan fingerprint density at radius 2 is 1.72 bits per heavy atom. The SMILES string of the molecule is COC(=O)C[C@H]1c2cc(OC)c(OC)cc2CCN1C(=O)CCc1ccccc1. The average Bonchev–Trinajstić information content (AvgIpc) is 2.77. The van der Waals surface area contributed by atoms with Gasteiger partial charge in [0, 0.05) is 13.0 Å². The lowest BCUT2D eigenvalue weighted by molar-refractivity contribution is -0.144. The van der Waals surface area contributed by atoms with Gasteiger partial charge >= 0.3 is 5.97 Å². The normalized spacial score (nSPS) is 15.4. The van der Waals surface area contributed by atoms with E-state index >= 15 is 0 Å². The van der Waals surface area contributed by atoms with Gasteiger partial charge in [-0.1, -0.05) is 30.3 Å². The van der Waals surface area contributed by atoms with E-state index in [2.05, 4.69) is 0 Å². The van der Waals surface area contributed by atoms with Gasteiger partial charge in [-0.2, -0.15) is 0 Å². The minimum absolute atomic E-state index is 0.0307. The van der Waals surface area contributed by atoms with Gasteiger partial charge in [0.1, 0.15) is 0 Å². The van der Waals surface area contributed by atoms with Gasteiger partial charge in [0.05, 0.1) is 33.8 Å². The molecule has 1 heterocycles. The Kier molecular flexibility index (Phi) is 6.75. The first kappa shape index (κ1) is 20.7. The first-order valence-corrected chi connectivity index (χ1v) is 9.72. The molecular weight excluding hydrogens is 370 g/mol. The highest BCUT2D eigenvalue weighted by Gasteiger charge is 2.33. The Morgan fingerprint density at radius 1 is 1.03 bits per heavy atom. The van der Waals surface area contributed by atoms with E-state index in [9.17, 15) is 9.59 Å². The summed E-state index contributed by atoms with van der Waals surface area (Å²) in [4.78, 5) is 27.0. The second-order valence-corrected chi connectivity index (χ2v) is 7.02.